The smallest absolute Gasteiger partial charge is 0.293 e. The summed E-state index contributed by atoms with van der Waals surface area (Å²) in [6.45, 7) is 1.84. The van der Waals surface area contributed by atoms with Crippen LogP contribution in [-0.4, -0.2) is 35.0 Å². The molecule has 3 aromatic carbocycles. The molecule has 184 valence electrons. The van der Waals surface area contributed by atoms with Gasteiger partial charge in [-0.1, -0.05) is 48.5 Å². The van der Waals surface area contributed by atoms with E-state index in [0.717, 1.165) is 16.7 Å². The van der Waals surface area contributed by atoms with Crippen molar-refractivity contribution >= 4 is 50.7 Å². The number of hydrogen-bond acceptors (Lipinski definition) is 6. The Morgan fingerprint density at radius 2 is 1.78 bits per heavy atom. The van der Waals surface area contributed by atoms with E-state index in [1.165, 1.54) is 6.07 Å². The van der Waals surface area contributed by atoms with Crippen molar-refractivity contribution in [2.75, 3.05) is 13.2 Å². The molecule has 0 N–H and O–H groups in total. The molecule has 3 aromatic rings. The second-order valence-corrected chi connectivity index (χ2v) is 9.55. The molecule has 6 nitrogen and oxygen atoms in total. The molecule has 0 unspecified atom stereocenters. The lowest BCUT2D eigenvalue weighted by Gasteiger charge is -2.15. The van der Waals surface area contributed by atoms with Gasteiger partial charge in [-0.3, -0.25) is 19.3 Å². The van der Waals surface area contributed by atoms with Crippen LogP contribution in [0.1, 0.15) is 28.4 Å². The number of thioether (sulfide) groups is 1. The summed E-state index contributed by atoms with van der Waals surface area (Å²) in [5.74, 6) is -0.448. The molecular weight excluding hydrogens is 549 g/mol. The van der Waals surface area contributed by atoms with Crippen LogP contribution in [0.4, 0.5) is 9.18 Å². The summed E-state index contributed by atoms with van der Waals surface area (Å²) in [4.78, 5) is 39.0. The van der Waals surface area contributed by atoms with E-state index in [4.69, 9.17) is 9.47 Å². The van der Waals surface area contributed by atoms with Crippen molar-refractivity contribution in [2.45, 2.75) is 13.5 Å². The number of rotatable bonds is 9. The SMILES string of the molecule is CCOc1cc(/C=C2\SC(=O)N(CC(=O)c3ccccc3)C2=O)cc(Br)c1OCc1ccccc1F. The van der Waals surface area contributed by atoms with Crippen molar-refractivity contribution in [3.63, 3.8) is 0 Å². The van der Waals surface area contributed by atoms with Crippen LogP contribution >= 0.6 is 27.7 Å². The van der Waals surface area contributed by atoms with Crippen molar-refractivity contribution in [3.05, 3.63) is 98.6 Å². The third-order valence-corrected chi connectivity index (χ3v) is 6.73. The van der Waals surface area contributed by atoms with Crippen LogP contribution < -0.4 is 9.47 Å². The summed E-state index contributed by atoms with van der Waals surface area (Å²) in [6, 6.07) is 18.2. The van der Waals surface area contributed by atoms with E-state index in [2.05, 4.69) is 15.9 Å². The van der Waals surface area contributed by atoms with Gasteiger partial charge in [0.2, 0.25) is 0 Å². The predicted molar refractivity (Wildman–Crippen MR) is 139 cm³/mol. The maximum atomic E-state index is 14.0. The van der Waals surface area contributed by atoms with E-state index < -0.39 is 11.1 Å². The van der Waals surface area contributed by atoms with Crippen molar-refractivity contribution < 1.29 is 28.2 Å². The zero-order valence-electron chi connectivity index (χ0n) is 19.2. The van der Waals surface area contributed by atoms with Crippen molar-refractivity contribution in [1.29, 1.82) is 0 Å². The second-order valence-electron chi connectivity index (χ2n) is 7.70. The molecule has 9 heteroatoms. The van der Waals surface area contributed by atoms with Crippen LogP contribution in [0, 0.1) is 5.82 Å². The van der Waals surface area contributed by atoms with E-state index in [-0.39, 0.29) is 29.7 Å². The molecule has 1 heterocycles. The molecule has 0 atom stereocenters. The minimum atomic E-state index is -0.539. The van der Waals surface area contributed by atoms with E-state index in [9.17, 15) is 18.8 Å². The molecule has 1 saturated heterocycles. The fraction of sp³-hybridized carbons (Fsp3) is 0.148. The summed E-state index contributed by atoms with van der Waals surface area (Å²) < 4.78 is 26.1. The Balaban J connectivity index is 1.54. The Kier molecular flexibility index (Phi) is 8.22. The van der Waals surface area contributed by atoms with E-state index in [1.807, 2.05) is 6.92 Å². The first-order valence-electron chi connectivity index (χ1n) is 11.0. The van der Waals surface area contributed by atoms with Crippen LogP contribution in [-0.2, 0) is 11.4 Å². The Bertz CT molecular complexity index is 1350. The number of benzene rings is 3. The Morgan fingerprint density at radius 3 is 2.50 bits per heavy atom. The van der Waals surface area contributed by atoms with Crippen molar-refractivity contribution in [1.82, 2.24) is 4.90 Å². The van der Waals surface area contributed by atoms with Gasteiger partial charge >= 0.3 is 0 Å². The Labute approximate surface area is 220 Å². The number of Topliss-reactive ketones (excluding diaryl/α,β-unsaturated/α-hetero) is 1. The zero-order chi connectivity index (χ0) is 25.7. The molecule has 36 heavy (non-hydrogen) atoms. The number of nitrogens with zero attached hydrogens (tertiary/aromatic N) is 1. The molecule has 0 spiro atoms. The van der Waals surface area contributed by atoms with E-state index in [0.29, 0.717) is 39.3 Å². The first-order valence-corrected chi connectivity index (χ1v) is 12.6. The number of imide groups is 1. The lowest BCUT2D eigenvalue weighted by molar-refractivity contribution is -0.122. The van der Waals surface area contributed by atoms with Gasteiger partial charge < -0.3 is 9.47 Å². The molecule has 0 aromatic heterocycles. The molecule has 4 rings (SSSR count). The van der Waals surface area contributed by atoms with Gasteiger partial charge in [0, 0.05) is 11.1 Å². The lowest BCUT2D eigenvalue weighted by atomic mass is 10.1. The molecule has 0 saturated carbocycles. The van der Waals surface area contributed by atoms with Crippen LogP contribution in [0.5, 0.6) is 11.5 Å². The van der Waals surface area contributed by atoms with Gasteiger partial charge in [-0.05, 0) is 64.5 Å². The quantitative estimate of drug-likeness (QED) is 0.217. The first-order chi connectivity index (χ1) is 17.4. The minimum Gasteiger partial charge on any atom is -0.490 e. The Hall–Kier alpha value is -3.43. The van der Waals surface area contributed by atoms with Gasteiger partial charge in [0.1, 0.15) is 12.4 Å². The molecule has 1 fully saturated rings. The van der Waals surface area contributed by atoms with Crippen LogP contribution in [0.25, 0.3) is 6.08 Å². The highest BCUT2D eigenvalue weighted by atomic mass is 79.9. The minimum absolute atomic E-state index is 0.000966. The number of ether oxygens (including phenoxy) is 2. The third-order valence-electron chi connectivity index (χ3n) is 5.23. The number of ketones is 1. The van der Waals surface area contributed by atoms with E-state index in [1.54, 1.807) is 66.7 Å². The summed E-state index contributed by atoms with van der Waals surface area (Å²) in [6.07, 6.45) is 1.56. The summed E-state index contributed by atoms with van der Waals surface area (Å²) in [5, 5.41) is -0.510. The normalized spacial score (nSPS) is 14.4. The van der Waals surface area contributed by atoms with Gasteiger partial charge in [0.15, 0.2) is 17.3 Å². The molecule has 0 bridgehead atoms. The topological polar surface area (TPSA) is 72.9 Å². The number of amides is 2. The zero-order valence-corrected chi connectivity index (χ0v) is 21.6. The summed E-state index contributed by atoms with van der Waals surface area (Å²) in [7, 11) is 0. The maximum Gasteiger partial charge on any atom is 0.293 e. The first kappa shape index (κ1) is 25.7. The molecule has 1 aliphatic rings. The van der Waals surface area contributed by atoms with Crippen molar-refractivity contribution in [2.24, 2.45) is 0 Å². The van der Waals surface area contributed by atoms with Gasteiger partial charge in [0.25, 0.3) is 11.1 Å². The fourth-order valence-electron chi connectivity index (χ4n) is 3.49. The average molecular weight is 570 g/mol. The summed E-state index contributed by atoms with van der Waals surface area (Å²) >= 11 is 4.23. The van der Waals surface area contributed by atoms with Crippen molar-refractivity contribution in [3.8, 4) is 11.5 Å². The van der Waals surface area contributed by atoms with Gasteiger partial charge in [-0.25, -0.2) is 4.39 Å². The standard InChI is InChI=1S/C27H21BrFNO5S/c1-2-34-23-13-17(12-20(28)25(23)35-16-19-10-6-7-11-21(19)29)14-24-26(32)30(27(33)36-24)15-22(31)18-8-4-3-5-9-18/h3-14H,2,15-16H2,1H3/b24-14-. The molecule has 0 radical (unpaired) electrons. The number of carbonyl (C=O) groups is 3. The van der Waals surface area contributed by atoms with Crippen LogP contribution in [0.15, 0.2) is 76.1 Å². The molecule has 1 aliphatic heterocycles. The lowest BCUT2D eigenvalue weighted by Crippen LogP contribution is -2.33. The number of hydrogen-bond donors (Lipinski definition) is 0. The highest BCUT2D eigenvalue weighted by Gasteiger charge is 2.36. The fourth-order valence-corrected chi connectivity index (χ4v) is 4.90. The number of halogens is 2. The number of carbonyl (C=O) groups excluding carboxylic acids is 3. The third kappa shape index (κ3) is 5.85. The maximum absolute atomic E-state index is 14.0. The highest BCUT2D eigenvalue weighted by molar-refractivity contribution is 9.10. The largest absolute Gasteiger partial charge is 0.490 e. The average Bonchev–Trinajstić information content (AvgIpc) is 3.12. The molecule has 2 amide bonds. The monoisotopic (exact) mass is 569 g/mol. The highest BCUT2D eigenvalue weighted by Crippen LogP contribution is 2.40. The Morgan fingerprint density at radius 1 is 1.06 bits per heavy atom. The van der Waals surface area contributed by atoms with Gasteiger partial charge in [-0.15, -0.1) is 0 Å². The second kappa shape index (κ2) is 11.5. The molecular formula is C27H21BrFNO5S. The van der Waals surface area contributed by atoms with Gasteiger partial charge in [-0.2, -0.15) is 0 Å². The van der Waals surface area contributed by atoms with Crippen LogP contribution in [0.2, 0.25) is 0 Å². The predicted octanol–water partition coefficient (Wildman–Crippen LogP) is 6.49. The van der Waals surface area contributed by atoms with Crippen LogP contribution in [0.3, 0.4) is 0 Å². The summed E-state index contributed by atoms with van der Waals surface area (Å²) in [5.41, 5.74) is 1.41. The van der Waals surface area contributed by atoms with E-state index >= 15 is 0 Å². The molecule has 0 aliphatic carbocycles. The van der Waals surface area contributed by atoms with Gasteiger partial charge in [0.05, 0.1) is 22.5 Å².